The Labute approximate surface area is 171 Å². The number of rotatable bonds is 11. The Hall–Kier alpha value is -2.22. The third-order valence-corrected chi connectivity index (χ3v) is 4.62. The molecule has 1 atom stereocenters. The van der Waals surface area contributed by atoms with Crippen LogP contribution in [0.3, 0.4) is 0 Å². The second-order valence-corrected chi connectivity index (χ2v) is 7.36. The lowest BCUT2D eigenvalue weighted by molar-refractivity contribution is 0.0668. The van der Waals surface area contributed by atoms with Crippen molar-refractivity contribution in [2.24, 2.45) is 0 Å². The molecule has 0 radical (unpaired) electrons. The van der Waals surface area contributed by atoms with Crippen molar-refractivity contribution in [1.82, 2.24) is 10.2 Å². The van der Waals surface area contributed by atoms with Crippen LogP contribution in [0.1, 0.15) is 25.0 Å². The van der Waals surface area contributed by atoms with Crippen molar-refractivity contribution in [2.45, 2.75) is 39.1 Å². The van der Waals surface area contributed by atoms with Crippen LogP contribution in [0.5, 0.6) is 11.5 Å². The summed E-state index contributed by atoms with van der Waals surface area (Å²) in [7, 11) is 3.51. The van der Waals surface area contributed by atoms with E-state index in [9.17, 15) is 13.9 Å². The average molecular weight is 408 g/mol. The van der Waals surface area contributed by atoms with E-state index in [-0.39, 0.29) is 6.61 Å². The number of hydrogen-bond donors (Lipinski definition) is 2. The second-order valence-electron chi connectivity index (χ2n) is 7.36. The largest absolute Gasteiger partial charge is 0.493 e. The number of benzene rings is 2. The van der Waals surface area contributed by atoms with Gasteiger partial charge in [-0.25, -0.2) is 8.78 Å². The van der Waals surface area contributed by atoms with Gasteiger partial charge in [0.1, 0.15) is 24.3 Å². The molecule has 5 nitrogen and oxygen atoms in total. The van der Waals surface area contributed by atoms with Crippen molar-refractivity contribution in [2.75, 3.05) is 27.3 Å². The molecule has 0 aliphatic carbocycles. The highest BCUT2D eigenvalue weighted by molar-refractivity contribution is 5.43. The zero-order chi connectivity index (χ0) is 21.4. The minimum atomic E-state index is -0.611. The molecule has 0 aliphatic heterocycles. The third-order valence-electron chi connectivity index (χ3n) is 4.62. The van der Waals surface area contributed by atoms with Crippen molar-refractivity contribution in [3.05, 3.63) is 59.2 Å². The van der Waals surface area contributed by atoms with E-state index in [1.54, 1.807) is 13.2 Å². The summed E-state index contributed by atoms with van der Waals surface area (Å²) in [4.78, 5) is 2.05. The Balaban J connectivity index is 1.89. The molecule has 0 heterocycles. The van der Waals surface area contributed by atoms with Crippen LogP contribution in [0.2, 0.25) is 0 Å². The first-order valence-electron chi connectivity index (χ1n) is 9.62. The van der Waals surface area contributed by atoms with E-state index in [1.807, 2.05) is 24.1 Å². The lowest BCUT2D eigenvalue weighted by Crippen LogP contribution is -2.36. The maximum Gasteiger partial charge on any atom is 0.161 e. The number of hydrogen-bond acceptors (Lipinski definition) is 5. The van der Waals surface area contributed by atoms with Gasteiger partial charge in [0.25, 0.3) is 0 Å². The molecule has 2 rings (SSSR count). The van der Waals surface area contributed by atoms with Gasteiger partial charge < -0.3 is 24.8 Å². The van der Waals surface area contributed by atoms with E-state index in [4.69, 9.17) is 9.47 Å². The number of aliphatic hydroxyl groups is 1. The molecule has 29 heavy (non-hydrogen) atoms. The van der Waals surface area contributed by atoms with Crippen LogP contribution in [0, 0.1) is 11.6 Å². The number of aliphatic hydroxyl groups excluding tert-OH is 1. The van der Waals surface area contributed by atoms with Crippen LogP contribution in [0.25, 0.3) is 0 Å². The fourth-order valence-electron chi connectivity index (χ4n) is 2.79. The molecule has 0 fully saturated rings. The van der Waals surface area contributed by atoms with Crippen molar-refractivity contribution in [3.63, 3.8) is 0 Å². The molecular formula is C22H30F2N2O3. The summed E-state index contributed by atoms with van der Waals surface area (Å²) in [5.41, 5.74) is 1.47. The monoisotopic (exact) mass is 408 g/mol. The van der Waals surface area contributed by atoms with Gasteiger partial charge in [-0.2, -0.15) is 0 Å². The van der Waals surface area contributed by atoms with Crippen molar-refractivity contribution in [3.8, 4) is 11.5 Å². The highest BCUT2D eigenvalue weighted by Gasteiger charge is 2.13. The predicted octanol–water partition coefficient (Wildman–Crippen LogP) is 3.34. The molecule has 160 valence electrons. The molecular weight excluding hydrogens is 378 g/mol. The van der Waals surface area contributed by atoms with Gasteiger partial charge in [0.2, 0.25) is 0 Å². The standard InChI is InChI=1S/C22H30F2N2O3/c1-15(2)26(3)13-20(27)14-29-21-6-5-16(9-22(21)28-4)11-25-12-17-7-18(23)10-19(24)8-17/h5-10,15,20,25,27H,11-14H2,1-4H3/t20-/m1/s1. The van der Waals surface area contributed by atoms with E-state index in [2.05, 4.69) is 19.2 Å². The molecule has 0 aliphatic rings. The van der Waals surface area contributed by atoms with Gasteiger partial charge in [-0.3, -0.25) is 0 Å². The maximum absolute atomic E-state index is 13.2. The van der Waals surface area contributed by atoms with Crippen LogP contribution in [0.4, 0.5) is 8.78 Å². The van der Waals surface area contributed by atoms with E-state index < -0.39 is 17.7 Å². The second kappa shape index (κ2) is 11.1. The quantitative estimate of drug-likeness (QED) is 0.597. The minimum absolute atomic E-state index is 0.163. The number of nitrogens with one attached hydrogen (secondary N) is 1. The van der Waals surface area contributed by atoms with Gasteiger partial charge >= 0.3 is 0 Å². The molecule has 2 aromatic carbocycles. The first-order valence-corrected chi connectivity index (χ1v) is 9.62. The lowest BCUT2D eigenvalue weighted by Gasteiger charge is -2.24. The van der Waals surface area contributed by atoms with Crippen LogP contribution in [-0.4, -0.2) is 49.5 Å². The normalized spacial score (nSPS) is 12.4. The topological polar surface area (TPSA) is 54.0 Å². The molecule has 0 saturated heterocycles. The van der Waals surface area contributed by atoms with Crippen molar-refractivity contribution >= 4 is 0 Å². The smallest absolute Gasteiger partial charge is 0.161 e. The maximum atomic E-state index is 13.2. The molecule has 2 N–H and O–H groups in total. The Morgan fingerprint density at radius 2 is 1.66 bits per heavy atom. The van der Waals surface area contributed by atoms with Crippen molar-refractivity contribution in [1.29, 1.82) is 0 Å². The van der Waals surface area contributed by atoms with Gasteiger partial charge in [0, 0.05) is 31.7 Å². The first kappa shape index (κ1) is 23.1. The summed E-state index contributed by atoms with van der Waals surface area (Å²) in [5, 5.41) is 13.3. The zero-order valence-electron chi connectivity index (χ0n) is 17.4. The van der Waals surface area contributed by atoms with Gasteiger partial charge in [-0.1, -0.05) is 6.07 Å². The van der Waals surface area contributed by atoms with Crippen LogP contribution in [0.15, 0.2) is 36.4 Å². The summed E-state index contributed by atoms with van der Waals surface area (Å²) in [5.74, 6) is -0.0706. The first-order chi connectivity index (χ1) is 13.8. The number of methoxy groups -OCH3 is 1. The summed E-state index contributed by atoms with van der Waals surface area (Å²) >= 11 is 0. The fraction of sp³-hybridized carbons (Fsp3) is 0.455. The Kier molecular flexibility index (Phi) is 8.82. The number of ether oxygens (including phenoxy) is 2. The fourth-order valence-corrected chi connectivity index (χ4v) is 2.79. The highest BCUT2D eigenvalue weighted by Crippen LogP contribution is 2.28. The number of nitrogens with zero attached hydrogens (tertiary/aromatic N) is 1. The molecule has 2 aromatic rings. The lowest BCUT2D eigenvalue weighted by atomic mass is 10.1. The average Bonchev–Trinajstić information content (AvgIpc) is 2.65. The van der Waals surface area contributed by atoms with Gasteiger partial charge in [-0.15, -0.1) is 0 Å². The van der Waals surface area contributed by atoms with E-state index in [0.717, 1.165) is 11.6 Å². The molecule has 0 bridgehead atoms. The van der Waals surface area contributed by atoms with E-state index in [1.165, 1.54) is 12.1 Å². The molecule has 0 amide bonds. The summed E-state index contributed by atoms with van der Waals surface area (Å²) in [6.45, 7) is 5.64. The van der Waals surface area contributed by atoms with Gasteiger partial charge in [0.15, 0.2) is 11.5 Å². The number of halogens is 2. The van der Waals surface area contributed by atoms with Crippen LogP contribution in [-0.2, 0) is 13.1 Å². The predicted molar refractivity (Wildman–Crippen MR) is 109 cm³/mol. The van der Waals surface area contributed by atoms with Crippen molar-refractivity contribution < 1.29 is 23.4 Å². The minimum Gasteiger partial charge on any atom is -0.493 e. The van der Waals surface area contributed by atoms with E-state index in [0.29, 0.717) is 42.7 Å². The van der Waals surface area contributed by atoms with E-state index >= 15 is 0 Å². The summed E-state index contributed by atoms with van der Waals surface area (Å²) in [6.07, 6.45) is -0.611. The highest BCUT2D eigenvalue weighted by atomic mass is 19.1. The van der Waals surface area contributed by atoms with Crippen LogP contribution < -0.4 is 14.8 Å². The molecule has 7 heteroatoms. The molecule has 0 unspecified atom stereocenters. The third kappa shape index (κ3) is 7.61. The molecule has 0 spiro atoms. The zero-order valence-corrected chi connectivity index (χ0v) is 17.4. The molecule has 0 aromatic heterocycles. The van der Waals surface area contributed by atoms with Crippen LogP contribution >= 0.6 is 0 Å². The van der Waals surface area contributed by atoms with Gasteiger partial charge in [0.05, 0.1) is 7.11 Å². The molecule has 0 saturated carbocycles. The Bertz CT molecular complexity index is 766. The Morgan fingerprint density at radius 1 is 1.00 bits per heavy atom. The number of likely N-dealkylation sites (N-methyl/N-ethyl adjacent to an activating group) is 1. The Morgan fingerprint density at radius 3 is 2.28 bits per heavy atom. The SMILES string of the molecule is COc1cc(CNCc2cc(F)cc(F)c2)ccc1OC[C@H](O)CN(C)C(C)C. The summed E-state index contributed by atoms with van der Waals surface area (Å²) < 4.78 is 37.6. The summed E-state index contributed by atoms with van der Waals surface area (Å²) in [6, 6.07) is 9.30. The van der Waals surface area contributed by atoms with Gasteiger partial charge in [-0.05, 0) is 56.3 Å².